The van der Waals surface area contributed by atoms with Gasteiger partial charge in [-0.15, -0.1) is 24.8 Å². The van der Waals surface area contributed by atoms with Gasteiger partial charge >= 0.3 is 0 Å². The fourth-order valence-electron chi connectivity index (χ4n) is 4.02. The molecule has 0 spiro atoms. The number of hydrogen-bond acceptors (Lipinski definition) is 5. The Morgan fingerprint density at radius 2 is 1.89 bits per heavy atom. The van der Waals surface area contributed by atoms with E-state index in [0.29, 0.717) is 45.1 Å². The molecule has 1 unspecified atom stereocenters. The van der Waals surface area contributed by atoms with E-state index >= 15 is 0 Å². The minimum Gasteiger partial charge on any atom is -0.367 e. The second-order valence-corrected chi connectivity index (χ2v) is 9.47. The maximum atomic E-state index is 12.7. The minimum absolute atomic E-state index is 0. The fraction of sp³-hybridized carbons (Fsp3) is 0.611. The van der Waals surface area contributed by atoms with Crippen LogP contribution >= 0.6 is 24.8 Å². The largest absolute Gasteiger partial charge is 0.367 e. The number of para-hydroxylation sites is 1. The van der Waals surface area contributed by atoms with E-state index in [9.17, 15) is 13.2 Å². The maximum Gasteiger partial charge on any atom is 0.241 e. The van der Waals surface area contributed by atoms with Gasteiger partial charge in [-0.3, -0.25) is 4.79 Å². The number of sulfone groups is 1. The molecular weight excluding hydrogens is 409 g/mol. The first kappa shape index (κ1) is 24.0. The van der Waals surface area contributed by atoms with Crippen LogP contribution in [0.3, 0.4) is 0 Å². The molecule has 1 fully saturated rings. The molecule has 2 N–H and O–H groups in total. The van der Waals surface area contributed by atoms with Gasteiger partial charge in [-0.1, -0.05) is 18.2 Å². The number of fused-ring (bicyclic) bond motifs is 1. The summed E-state index contributed by atoms with van der Waals surface area (Å²) in [7, 11) is -3.46. The third-order valence-corrected chi connectivity index (χ3v) is 7.53. The Morgan fingerprint density at radius 3 is 2.52 bits per heavy atom. The lowest BCUT2D eigenvalue weighted by Crippen LogP contribution is -2.58. The molecule has 9 heteroatoms. The third kappa shape index (κ3) is 4.70. The topological polar surface area (TPSA) is 78.5 Å². The van der Waals surface area contributed by atoms with Crippen LogP contribution in [0.2, 0.25) is 0 Å². The molecule has 2 aliphatic rings. The number of halogens is 2. The van der Waals surface area contributed by atoms with Gasteiger partial charge in [-0.25, -0.2) is 8.42 Å². The molecule has 0 aliphatic carbocycles. The highest BCUT2D eigenvalue weighted by Gasteiger charge is 2.48. The fourth-order valence-corrected chi connectivity index (χ4v) is 5.37. The summed E-state index contributed by atoms with van der Waals surface area (Å²) in [5.74, 6) is -0.350. The molecule has 1 atom stereocenters. The van der Waals surface area contributed by atoms with Crippen molar-refractivity contribution in [2.75, 3.05) is 37.3 Å². The lowest BCUT2D eigenvalue weighted by molar-refractivity contribution is -0.124. The normalized spacial score (nSPS) is 20.8. The van der Waals surface area contributed by atoms with Crippen LogP contribution in [-0.4, -0.2) is 57.5 Å². The van der Waals surface area contributed by atoms with Gasteiger partial charge < -0.3 is 15.5 Å². The van der Waals surface area contributed by atoms with Crippen molar-refractivity contribution in [3.63, 3.8) is 0 Å². The Balaban J connectivity index is 0.00000182. The van der Waals surface area contributed by atoms with Crippen molar-refractivity contribution in [2.45, 2.75) is 37.0 Å². The van der Waals surface area contributed by atoms with Gasteiger partial charge in [0.25, 0.3) is 0 Å². The van der Waals surface area contributed by atoms with Crippen LogP contribution in [0.5, 0.6) is 0 Å². The predicted octanol–water partition coefficient (Wildman–Crippen LogP) is 1.56. The summed E-state index contributed by atoms with van der Waals surface area (Å²) in [5.41, 5.74) is 2.54. The van der Waals surface area contributed by atoms with Gasteiger partial charge in [-0.05, 0) is 50.9 Å². The van der Waals surface area contributed by atoms with Crippen molar-refractivity contribution >= 4 is 46.2 Å². The van der Waals surface area contributed by atoms with Crippen LogP contribution in [-0.2, 0) is 21.1 Å². The molecule has 2 aliphatic heterocycles. The Bertz CT molecular complexity index is 752. The number of benzene rings is 1. The quantitative estimate of drug-likeness (QED) is 0.730. The van der Waals surface area contributed by atoms with Gasteiger partial charge in [-0.2, -0.15) is 0 Å². The number of rotatable bonds is 5. The number of anilines is 1. The molecule has 1 aromatic carbocycles. The molecule has 1 saturated heterocycles. The number of nitrogens with zero attached hydrogens (tertiary/aromatic N) is 1. The molecule has 1 amide bonds. The van der Waals surface area contributed by atoms with Crippen molar-refractivity contribution in [3.05, 3.63) is 29.8 Å². The van der Waals surface area contributed by atoms with E-state index in [2.05, 4.69) is 34.6 Å². The molecule has 27 heavy (non-hydrogen) atoms. The summed E-state index contributed by atoms with van der Waals surface area (Å²) < 4.78 is 23.3. The van der Waals surface area contributed by atoms with E-state index in [-0.39, 0.29) is 30.7 Å². The van der Waals surface area contributed by atoms with Crippen molar-refractivity contribution in [1.29, 1.82) is 0 Å². The first-order chi connectivity index (χ1) is 11.8. The summed E-state index contributed by atoms with van der Waals surface area (Å²) in [5, 5.41) is 6.02. The van der Waals surface area contributed by atoms with E-state index < -0.39 is 14.6 Å². The second kappa shape index (κ2) is 9.45. The smallest absolute Gasteiger partial charge is 0.241 e. The van der Waals surface area contributed by atoms with Gasteiger partial charge in [0, 0.05) is 31.1 Å². The Hall–Kier alpha value is -1.02. The summed E-state index contributed by atoms with van der Waals surface area (Å²) in [6, 6.07) is 8.70. The summed E-state index contributed by atoms with van der Waals surface area (Å²) in [6.07, 6.45) is 2.85. The number of piperidine rings is 1. The zero-order valence-electron chi connectivity index (χ0n) is 15.7. The average Bonchev–Trinajstić information content (AvgIpc) is 2.90. The SMILES string of the molecule is CC1Cc2ccccc2N1CCNC(=O)C1(S(C)(=O)=O)CCNCC1.Cl.Cl. The number of nitrogens with one attached hydrogen (secondary N) is 2. The van der Waals surface area contributed by atoms with Crippen LogP contribution < -0.4 is 15.5 Å². The van der Waals surface area contributed by atoms with E-state index in [0.717, 1.165) is 6.42 Å². The van der Waals surface area contributed by atoms with Crippen molar-refractivity contribution in [3.8, 4) is 0 Å². The lowest BCUT2D eigenvalue weighted by Gasteiger charge is -2.34. The number of amides is 1. The van der Waals surface area contributed by atoms with E-state index in [1.54, 1.807) is 0 Å². The Kier molecular flexibility index (Phi) is 8.41. The molecular formula is C18H29Cl2N3O3S. The Morgan fingerprint density at radius 1 is 1.26 bits per heavy atom. The van der Waals surface area contributed by atoms with Crippen LogP contribution in [0.25, 0.3) is 0 Å². The summed E-state index contributed by atoms with van der Waals surface area (Å²) in [6.45, 7) is 4.41. The van der Waals surface area contributed by atoms with E-state index in [1.165, 1.54) is 17.5 Å². The van der Waals surface area contributed by atoms with Crippen molar-refractivity contribution in [2.24, 2.45) is 0 Å². The zero-order chi connectivity index (χ0) is 18.1. The number of carbonyl (C=O) groups is 1. The molecule has 3 rings (SSSR count). The lowest BCUT2D eigenvalue weighted by atomic mass is 9.96. The van der Waals surface area contributed by atoms with Gasteiger partial charge in [0.15, 0.2) is 14.6 Å². The standard InChI is InChI=1S/C18H27N3O3S.2ClH/c1-14-13-15-5-3-4-6-16(15)21(14)12-11-20-17(22)18(25(2,23)24)7-9-19-10-8-18;;/h3-6,14,19H,7-13H2,1-2H3,(H,20,22);2*1H. The van der Waals surface area contributed by atoms with Crippen LogP contribution in [0, 0.1) is 0 Å². The molecule has 6 nitrogen and oxygen atoms in total. The summed E-state index contributed by atoms with van der Waals surface area (Å²) in [4.78, 5) is 15.0. The molecule has 0 radical (unpaired) electrons. The monoisotopic (exact) mass is 437 g/mol. The molecule has 154 valence electrons. The number of hydrogen-bond donors (Lipinski definition) is 2. The van der Waals surface area contributed by atoms with Crippen molar-refractivity contribution in [1.82, 2.24) is 10.6 Å². The van der Waals surface area contributed by atoms with Crippen LogP contribution in [0.1, 0.15) is 25.3 Å². The average molecular weight is 438 g/mol. The highest BCUT2D eigenvalue weighted by molar-refractivity contribution is 7.92. The third-order valence-electron chi connectivity index (χ3n) is 5.52. The van der Waals surface area contributed by atoms with Gasteiger partial charge in [0.2, 0.25) is 5.91 Å². The highest BCUT2D eigenvalue weighted by atomic mass is 35.5. The molecule has 1 aromatic rings. The van der Waals surface area contributed by atoms with Crippen molar-refractivity contribution < 1.29 is 13.2 Å². The zero-order valence-corrected chi connectivity index (χ0v) is 18.2. The molecule has 0 aromatic heterocycles. The van der Waals surface area contributed by atoms with E-state index in [1.807, 2.05) is 12.1 Å². The van der Waals surface area contributed by atoms with Crippen LogP contribution in [0.4, 0.5) is 5.69 Å². The molecule has 2 heterocycles. The Labute approximate surface area is 174 Å². The maximum absolute atomic E-state index is 12.7. The molecule has 0 saturated carbocycles. The predicted molar refractivity (Wildman–Crippen MR) is 114 cm³/mol. The van der Waals surface area contributed by atoms with Crippen LogP contribution in [0.15, 0.2) is 24.3 Å². The number of carbonyl (C=O) groups excluding carboxylic acids is 1. The first-order valence-corrected chi connectivity index (χ1v) is 10.8. The van der Waals surface area contributed by atoms with Gasteiger partial charge in [0.1, 0.15) is 0 Å². The van der Waals surface area contributed by atoms with E-state index in [4.69, 9.17) is 0 Å². The van der Waals surface area contributed by atoms with Gasteiger partial charge in [0.05, 0.1) is 0 Å². The summed E-state index contributed by atoms with van der Waals surface area (Å²) >= 11 is 0. The molecule has 0 bridgehead atoms. The first-order valence-electron chi connectivity index (χ1n) is 8.88. The second-order valence-electron chi connectivity index (χ2n) is 7.15. The highest BCUT2D eigenvalue weighted by Crippen LogP contribution is 2.31. The minimum atomic E-state index is -3.46.